The van der Waals surface area contributed by atoms with Gasteiger partial charge in [0.15, 0.2) is 6.29 Å². The zero-order valence-corrected chi connectivity index (χ0v) is 12.1. The molecule has 1 fully saturated rings. The van der Waals surface area contributed by atoms with E-state index in [0.717, 1.165) is 26.1 Å². The van der Waals surface area contributed by atoms with Gasteiger partial charge in [-0.25, -0.2) is 0 Å². The minimum Gasteiger partial charge on any atom is -0.355 e. The summed E-state index contributed by atoms with van der Waals surface area (Å²) in [5.74, 6) is 0. The van der Waals surface area contributed by atoms with Crippen molar-refractivity contribution in [3.8, 4) is 0 Å². The summed E-state index contributed by atoms with van der Waals surface area (Å²) < 4.78 is 10.7. The van der Waals surface area contributed by atoms with E-state index in [-0.39, 0.29) is 42.7 Å². The van der Waals surface area contributed by atoms with Gasteiger partial charge in [0.05, 0.1) is 0 Å². The Hall–Kier alpha value is 1.02. The third-order valence-electron chi connectivity index (χ3n) is 1.59. The van der Waals surface area contributed by atoms with Crippen LogP contribution in [0.1, 0.15) is 25.7 Å². The Kier molecular flexibility index (Phi) is 13.0. The van der Waals surface area contributed by atoms with Crippen LogP contribution in [0.25, 0.3) is 0 Å². The Labute approximate surface area is 97.9 Å². The molecule has 2 nitrogen and oxygen atoms in total. The van der Waals surface area contributed by atoms with Gasteiger partial charge in [-0.15, -0.1) is 17.0 Å². The van der Waals surface area contributed by atoms with E-state index in [4.69, 9.17) is 9.47 Å². The summed E-state index contributed by atoms with van der Waals surface area (Å²) in [7, 11) is 0. The fourth-order valence-corrected chi connectivity index (χ4v) is 1.06. The van der Waals surface area contributed by atoms with Crippen molar-refractivity contribution in [1.82, 2.24) is 0 Å². The quantitative estimate of drug-likeness (QED) is 0.586. The topological polar surface area (TPSA) is 18.5 Å². The second-order valence-corrected chi connectivity index (χ2v) is 2.52. The summed E-state index contributed by atoms with van der Waals surface area (Å²) in [6.45, 7) is 5.28. The molecular weight excluding hydrogens is 273 g/mol. The van der Waals surface area contributed by atoms with Crippen LogP contribution in [0.5, 0.6) is 0 Å². The number of rotatable bonds is 3. The van der Waals surface area contributed by atoms with Crippen molar-refractivity contribution in [2.45, 2.75) is 32.0 Å². The van der Waals surface area contributed by atoms with Crippen LogP contribution in [0.2, 0.25) is 0 Å². The maximum atomic E-state index is 5.35. The molecule has 1 unspecified atom stereocenters. The third kappa shape index (κ3) is 6.53. The van der Waals surface area contributed by atoms with Crippen molar-refractivity contribution in [2.24, 2.45) is 0 Å². The van der Waals surface area contributed by atoms with Crippen LogP contribution in [-0.2, 0) is 29.0 Å². The molecule has 0 aromatic heterocycles. The molecule has 12 heavy (non-hydrogen) atoms. The molecule has 1 atom stereocenters. The van der Waals surface area contributed by atoms with Crippen molar-refractivity contribution >= 4 is 17.0 Å². The van der Waals surface area contributed by atoms with Crippen LogP contribution in [0, 0.1) is 6.92 Å². The second-order valence-electron chi connectivity index (χ2n) is 2.52. The first-order valence-electron chi connectivity index (χ1n) is 3.96. The smallest absolute Gasteiger partial charge is 0.157 e. The van der Waals surface area contributed by atoms with Gasteiger partial charge < -0.3 is 16.4 Å². The van der Waals surface area contributed by atoms with E-state index in [2.05, 4.69) is 6.92 Å². The minimum atomic E-state index is 0. The van der Waals surface area contributed by atoms with Crippen LogP contribution in [0.4, 0.5) is 0 Å². The molecular formula is C8H16BrO2Zn-. The maximum Gasteiger partial charge on any atom is 0.157 e. The Balaban J connectivity index is 0. The summed E-state index contributed by atoms with van der Waals surface area (Å²) in [4.78, 5) is 0. The fraction of sp³-hybridized carbons (Fsp3) is 0.875. The Morgan fingerprint density at radius 3 is 2.67 bits per heavy atom. The molecule has 0 radical (unpaired) electrons. The molecule has 70 valence electrons. The van der Waals surface area contributed by atoms with Gasteiger partial charge in [0, 0.05) is 32.7 Å². The summed E-state index contributed by atoms with van der Waals surface area (Å²) in [5, 5.41) is 0. The molecule has 0 bridgehead atoms. The normalized spacial score (nSPS) is 22.2. The summed E-state index contributed by atoms with van der Waals surface area (Å²) in [6, 6.07) is 0. The monoisotopic (exact) mass is 287 g/mol. The van der Waals surface area contributed by atoms with E-state index < -0.39 is 0 Å². The van der Waals surface area contributed by atoms with Crippen molar-refractivity contribution in [3.63, 3.8) is 0 Å². The van der Waals surface area contributed by atoms with Crippen molar-refractivity contribution < 1.29 is 29.0 Å². The standard InChI is InChI=1S/C8H15O2.BrH.Zn/c1-2-6-9-8-5-3-4-7-10-8;;/h8H,1-7H2;1H;/q-1;;. The van der Waals surface area contributed by atoms with Gasteiger partial charge in [0.2, 0.25) is 0 Å². The molecule has 0 amide bonds. The predicted octanol–water partition coefficient (Wildman–Crippen LogP) is 2.33. The molecule has 1 saturated heterocycles. The number of halogens is 1. The van der Waals surface area contributed by atoms with Crippen LogP contribution in [0.15, 0.2) is 0 Å². The molecule has 1 aliphatic heterocycles. The van der Waals surface area contributed by atoms with Gasteiger partial charge >= 0.3 is 0 Å². The van der Waals surface area contributed by atoms with Gasteiger partial charge in [0.1, 0.15) is 0 Å². The molecule has 1 aliphatic rings. The average Bonchev–Trinajstić information content (AvgIpc) is 2.03. The van der Waals surface area contributed by atoms with Crippen molar-refractivity contribution in [1.29, 1.82) is 0 Å². The van der Waals surface area contributed by atoms with Gasteiger partial charge in [-0.1, -0.05) is 0 Å². The Morgan fingerprint density at radius 2 is 2.17 bits per heavy atom. The second kappa shape index (κ2) is 10.1. The van der Waals surface area contributed by atoms with E-state index in [1.165, 1.54) is 12.8 Å². The number of hydrogen-bond acceptors (Lipinski definition) is 2. The molecule has 0 aliphatic carbocycles. The largest absolute Gasteiger partial charge is 0.355 e. The number of ether oxygens (including phenoxy) is 2. The molecule has 0 N–H and O–H groups in total. The molecule has 0 saturated carbocycles. The third-order valence-corrected chi connectivity index (χ3v) is 1.59. The van der Waals surface area contributed by atoms with Crippen LogP contribution in [-0.4, -0.2) is 19.5 Å². The molecule has 0 aromatic rings. The van der Waals surface area contributed by atoms with E-state index in [0.29, 0.717) is 0 Å². The van der Waals surface area contributed by atoms with E-state index in [1.54, 1.807) is 0 Å². The van der Waals surface area contributed by atoms with E-state index in [9.17, 15) is 0 Å². The minimum absolute atomic E-state index is 0. The average molecular weight is 290 g/mol. The van der Waals surface area contributed by atoms with Gasteiger partial charge in [-0.3, -0.25) is 0 Å². The Morgan fingerprint density at radius 1 is 1.42 bits per heavy atom. The Bertz CT molecular complexity index is 87.1. The predicted molar refractivity (Wildman–Crippen MR) is 49.8 cm³/mol. The summed E-state index contributed by atoms with van der Waals surface area (Å²) in [5.41, 5.74) is 0. The van der Waals surface area contributed by atoms with Crippen LogP contribution >= 0.6 is 17.0 Å². The fourth-order valence-electron chi connectivity index (χ4n) is 1.06. The summed E-state index contributed by atoms with van der Waals surface area (Å²) >= 11 is 0. The van der Waals surface area contributed by atoms with E-state index >= 15 is 0 Å². The first-order valence-corrected chi connectivity index (χ1v) is 3.96. The molecule has 0 spiro atoms. The van der Waals surface area contributed by atoms with Gasteiger partial charge in [-0.05, 0) is 19.3 Å². The first kappa shape index (κ1) is 15.5. The molecule has 4 heteroatoms. The molecule has 1 rings (SSSR count). The first-order chi connectivity index (χ1) is 4.93. The number of hydrogen-bond donors (Lipinski definition) is 0. The van der Waals surface area contributed by atoms with E-state index in [1.807, 2.05) is 0 Å². The zero-order valence-electron chi connectivity index (χ0n) is 7.46. The SMILES string of the molecule is Br.[CH2-]CCOC1CCCCO1.[Zn]. The van der Waals surface area contributed by atoms with Gasteiger partial charge in [-0.2, -0.15) is 6.42 Å². The maximum absolute atomic E-state index is 5.35. The molecule has 0 aromatic carbocycles. The molecule has 1 heterocycles. The van der Waals surface area contributed by atoms with Crippen LogP contribution in [0.3, 0.4) is 0 Å². The summed E-state index contributed by atoms with van der Waals surface area (Å²) in [6.07, 6.45) is 4.38. The van der Waals surface area contributed by atoms with Crippen molar-refractivity contribution in [3.05, 3.63) is 6.92 Å². The zero-order chi connectivity index (χ0) is 7.23. The van der Waals surface area contributed by atoms with Crippen molar-refractivity contribution in [2.75, 3.05) is 13.2 Å². The van der Waals surface area contributed by atoms with Crippen LogP contribution < -0.4 is 0 Å². The van der Waals surface area contributed by atoms with Gasteiger partial charge in [0.25, 0.3) is 0 Å².